The van der Waals surface area contributed by atoms with Crippen LogP contribution in [0, 0.1) is 0 Å². The second-order valence-corrected chi connectivity index (χ2v) is 5.10. The van der Waals surface area contributed by atoms with Gasteiger partial charge in [-0.25, -0.2) is 0 Å². The lowest BCUT2D eigenvalue weighted by Gasteiger charge is -2.18. The van der Waals surface area contributed by atoms with Crippen LogP contribution in [0.2, 0.25) is 0 Å². The molecule has 0 saturated carbocycles. The molecule has 0 heterocycles. The van der Waals surface area contributed by atoms with E-state index in [1.165, 1.54) is 0 Å². The molecule has 0 bridgehead atoms. The summed E-state index contributed by atoms with van der Waals surface area (Å²) in [5.41, 5.74) is 0.764. The van der Waals surface area contributed by atoms with E-state index in [0.717, 1.165) is 31.5 Å². The van der Waals surface area contributed by atoms with E-state index in [4.69, 9.17) is 0 Å². The fraction of sp³-hybridized carbons (Fsp3) is 0.600. The van der Waals surface area contributed by atoms with Gasteiger partial charge in [-0.05, 0) is 53.0 Å². The standard InChI is InChI=1S/C15H24F2N2O/c1-12(18-10-6-7-11-19(2)3)13-8-4-5-9-14(13)20-15(16)17/h4-5,8-9,12,15,18H,6-7,10-11H2,1-3H3. The molecule has 0 aromatic heterocycles. The van der Waals surface area contributed by atoms with Gasteiger partial charge < -0.3 is 15.0 Å². The summed E-state index contributed by atoms with van der Waals surface area (Å²) in [5, 5.41) is 3.34. The van der Waals surface area contributed by atoms with Gasteiger partial charge in [0.2, 0.25) is 0 Å². The SMILES string of the molecule is CC(NCCCCN(C)C)c1ccccc1OC(F)F. The molecule has 0 aliphatic heterocycles. The number of unbranched alkanes of at least 4 members (excludes halogenated alkanes) is 1. The van der Waals surface area contributed by atoms with Gasteiger partial charge in [0.05, 0.1) is 0 Å². The first-order valence-electron chi connectivity index (χ1n) is 6.92. The van der Waals surface area contributed by atoms with Gasteiger partial charge in [-0.3, -0.25) is 0 Å². The second kappa shape index (κ2) is 8.87. The molecule has 1 unspecified atom stereocenters. The van der Waals surface area contributed by atoms with Crippen LogP contribution in [0.15, 0.2) is 24.3 Å². The highest BCUT2D eigenvalue weighted by Gasteiger charge is 2.13. The number of hydrogen-bond donors (Lipinski definition) is 1. The molecule has 20 heavy (non-hydrogen) atoms. The van der Waals surface area contributed by atoms with Gasteiger partial charge in [-0.2, -0.15) is 8.78 Å². The quantitative estimate of drug-likeness (QED) is 0.705. The Hall–Kier alpha value is -1.20. The largest absolute Gasteiger partial charge is 0.434 e. The molecule has 1 rings (SSSR count). The predicted molar refractivity (Wildman–Crippen MR) is 77.3 cm³/mol. The van der Waals surface area contributed by atoms with Crippen molar-refractivity contribution in [1.82, 2.24) is 10.2 Å². The van der Waals surface area contributed by atoms with Crippen LogP contribution in [0.1, 0.15) is 31.4 Å². The molecule has 0 radical (unpaired) electrons. The minimum absolute atomic E-state index is 0.00990. The zero-order valence-corrected chi connectivity index (χ0v) is 12.4. The fourth-order valence-corrected chi connectivity index (χ4v) is 2.02. The summed E-state index contributed by atoms with van der Waals surface area (Å²) in [6.07, 6.45) is 2.17. The topological polar surface area (TPSA) is 24.5 Å². The molecule has 0 spiro atoms. The van der Waals surface area contributed by atoms with Crippen molar-refractivity contribution in [2.75, 3.05) is 27.2 Å². The molecule has 0 aliphatic carbocycles. The van der Waals surface area contributed by atoms with E-state index >= 15 is 0 Å². The van der Waals surface area contributed by atoms with Crippen molar-refractivity contribution in [3.05, 3.63) is 29.8 Å². The summed E-state index contributed by atoms with van der Waals surface area (Å²) in [6, 6.07) is 6.91. The number of nitrogens with one attached hydrogen (secondary N) is 1. The van der Waals surface area contributed by atoms with Crippen molar-refractivity contribution in [2.45, 2.75) is 32.4 Å². The van der Waals surface area contributed by atoms with Crippen LogP contribution in [0.4, 0.5) is 8.78 Å². The van der Waals surface area contributed by atoms with Crippen LogP contribution in [0.5, 0.6) is 5.75 Å². The molecule has 0 saturated heterocycles. The van der Waals surface area contributed by atoms with Gasteiger partial charge in [0.1, 0.15) is 5.75 Å². The van der Waals surface area contributed by atoms with Crippen molar-refractivity contribution in [1.29, 1.82) is 0 Å². The lowest BCUT2D eigenvalue weighted by atomic mass is 10.1. The first-order chi connectivity index (χ1) is 9.50. The predicted octanol–water partition coefficient (Wildman–Crippen LogP) is 3.28. The Balaban J connectivity index is 2.44. The molecule has 0 aliphatic rings. The number of benzene rings is 1. The van der Waals surface area contributed by atoms with E-state index in [2.05, 4.69) is 15.0 Å². The molecule has 1 aromatic carbocycles. The van der Waals surface area contributed by atoms with E-state index in [1.807, 2.05) is 33.2 Å². The Morgan fingerprint density at radius 2 is 1.90 bits per heavy atom. The molecule has 3 nitrogen and oxygen atoms in total. The number of ether oxygens (including phenoxy) is 1. The van der Waals surface area contributed by atoms with Crippen molar-refractivity contribution in [3.63, 3.8) is 0 Å². The lowest BCUT2D eigenvalue weighted by molar-refractivity contribution is -0.0506. The highest BCUT2D eigenvalue weighted by Crippen LogP contribution is 2.26. The summed E-state index contributed by atoms with van der Waals surface area (Å²) in [7, 11) is 4.10. The van der Waals surface area contributed by atoms with Crippen molar-refractivity contribution < 1.29 is 13.5 Å². The maximum Gasteiger partial charge on any atom is 0.387 e. The zero-order valence-electron chi connectivity index (χ0n) is 12.4. The fourth-order valence-electron chi connectivity index (χ4n) is 2.02. The van der Waals surface area contributed by atoms with Gasteiger partial charge in [0, 0.05) is 11.6 Å². The highest BCUT2D eigenvalue weighted by atomic mass is 19.3. The lowest BCUT2D eigenvalue weighted by Crippen LogP contribution is -2.22. The van der Waals surface area contributed by atoms with E-state index < -0.39 is 6.61 Å². The Bertz CT molecular complexity index is 386. The third-order valence-electron chi connectivity index (χ3n) is 3.08. The first kappa shape index (κ1) is 16.9. The molecule has 5 heteroatoms. The summed E-state index contributed by atoms with van der Waals surface area (Å²) in [5.74, 6) is 0.246. The maximum absolute atomic E-state index is 12.3. The number of halogens is 2. The summed E-state index contributed by atoms with van der Waals surface area (Å²) >= 11 is 0. The van der Waals surface area contributed by atoms with Crippen LogP contribution >= 0.6 is 0 Å². The molecular formula is C15H24F2N2O. The normalized spacial score (nSPS) is 12.9. The average Bonchev–Trinajstić information content (AvgIpc) is 2.37. The molecule has 1 atom stereocenters. The smallest absolute Gasteiger partial charge is 0.387 e. The number of para-hydroxylation sites is 1. The van der Waals surface area contributed by atoms with E-state index in [9.17, 15) is 8.78 Å². The first-order valence-corrected chi connectivity index (χ1v) is 6.92. The Morgan fingerprint density at radius 1 is 1.20 bits per heavy atom. The minimum atomic E-state index is -2.79. The molecule has 0 fully saturated rings. The van der Waals surface area contributed by atoms with Gasteiger partial charge in [-0.1, -0.05) is 18.2 Å². The van der Waals surface area contributed by atoms with Gasteiger partial charge in [0.25, 0.3) is 0 Å². The third kappa shape index (κ3) is 6.30. The third-order valence-corrected chi connectivity index (χ3v) is 3.08. The summed E-state index contributed by atoms with van der Waals surface area (Å²) < 4.78 is 29.2. The van der Waals surface area contributed by atoms with Crippen LogP contribution in [0.3, 0.4) is 0 Å². The van der Waals surface area contributed by atoms with Crippen molar-refractivity contribution >= 4 is 0 Å². The Labute approximate surface area is 119 Å². The number of nitrogens with zero attached hydrogens (tertiary/aromatic N) is 1. The average molecular weight is 286 g/mol. The van der Waals surface area contributed by atoms with Gasteiger partial charge in [-0.15, -0.1) is 0 Å². The van der Waals surface area contributed by atoms with Crippen molar-refractivity contribution in [2.24, 2.45) is 0 Å². The molecule has 114 valence electrons. The molecule has 1 N–H and O–H groups in total. The number of alkyl halides is 2. The molecule has 1 aromatic rings. The van der Waals surface area contributed by atoms with Gasteiger partial charge >= 0.3 is 6.61 Å². The summed E-state index contributed by atoms with van der Waals surface area (Å²) in [4.78, 5) is 2.15. The summed E-state index contributed by atoms with van der Waals surface area (Å²) in [6.45, 7) is 1.09. The Morgan fingerprint density at radius 3 is 2.55 bits per heavy atom. The zero-order chi connectivity index (χ0) is 15.0. The van der Waals surface area contributed by atoms with Crippen LogP contribution in [0.25, 0.3) is 0 Å². The van der Waals surface area contributed by atoms with E-state index in [-0.39, 0.29) is 11.8 Å². The minimum Gasteiger partial charge on any atom is -0.434 e. The number of hydrogen-bond acceptors (Lipinski definition) is 3. The van der Waals surface area contributed by atoms with Gasteiger partial charge in [0.15, 0.2) is 0 Å². The molecule has 0 amide bonds. The number of rotatable bonds is 9. The van der Waals surface area contributed by atoms with Crippen LogP contribution in [-0.2, 0) is 0 Å². The van der Waals surface area contributed by atoms with Crippen LogP contribution < -0.4 is 10.1 Å². The monoisotopic (exact) mass is 286 g/mol. The second-order valence-electron chi connectivity index (χ2n) is 5.10. The molecular weight excluding hydrogens is 262 g/mol. The van der Waals surface area contributed by atoms with Crippen LogP contribution in [-0.4, -0.2) is 38.7 Å². The van der Waals surface area contributed by atoms with E-state index in [0.29, 0.717) is 0 Å². The van der Waals surface area contributed by atoms with E-state index in [1.54, 1.807) is 12.1 Å². The van der Waals surface area contributed by atoms with Crippen molar-refractivity contribution in [3.8, 4) is 5.75 Å². The Kier molecular flexibility index (Phi) is 7.47. The highest BCUT2D eigenvalue weighted by molar-refractivity contribution is 5.35. The maximum atomic E-state index is 12.3.